The topological polar surface area (TPSA) is 43.8 Å². The second-order valence-corrected chi connectivity index (χ2v) is 3.14. The van der Waals surface area contributed by atoms with Gasteiger partial charge in [0.1, 0.15) is 12.0 Å². The minimum atomic E-state index is -0.711. The number of hydrogen-bond donors (Lipinski definition) is 1. The number of rotatable bonds is 1. The quantitative estimate of drug-likeness (QED) is 0.670. The number of fused-ring (bicyclic) bond motifs is 1. The Labute approximate surface area is 70.4 Å². The van der Waals surface area contributed by atoms with Gasteiger partial charge in [0.15, 0.2) is 0 Å². The third-order valence-electron chi connectivity index (χ3n) is 2.19. The van der Waals surface area contributed by atoms with Gasteiger partial charge in [-0.3, -0.25) is 0 Å². The molecule has 66 valence electrons. The van der Waals surface area contributed by atoms with E-state index in [0.717, 1.165) is 17.9 Å². The summed E-state index contributed by atoms with van der Waals surface area (Å²) in [7, 11) is 0. The fourth-order valence-corrected chi connectivity index (χ4v) is 1.56. The van der Waals surface area contributed by atoms with Gasteiger partial charge < -0.3 is 10.3 Å². The SMILES string of the molecule is NCc1cn2c(n1)CCC(F)C2. The molecule has 1 aromatic rings. The molecule has 1 aliphatic heterocycles. The van der Waals surface area contributed by atoms with Crippen molar-refractivity contribution in [1.82, 2.24) is 9.55 Å². The summed E-state index contributed by atoms with van der Waals surface area (Å²) in [6.07, 6.45) is 2.47. The summed E-state index contributed by atoms with van der Waals surface area (Å²) in [5, 5.41) is 0. The fourth-order valence-electron chi connectivity index (χ4n) is 1.56. The van der Waals surface area contributed by atoms with E-state index in [9.17, 15) is 4.39 Å². The molecule has 1 unspecified atom stereocenters. The Morgan fingerprint density at radius 3 is 3.33 bits per heavy atom. The summed E-state index contributed by atoms with van der Waals surface area (Å²) >= 11 is 0. The molecule has 4 heteroatoms. The zero-order chi connectivity index (χ0) is 8.55. The summed E-state index contributed by atoms with van der Waals surface area (Å²) in [4.78, 5) is 4.28. The predicted molar refractivity (Wildman–Crippen MR) is 43.3 cm³/mol. The highest BCUT2D eigenvalue weighted by molar-refractivity contribution is 5.06. The van der Waals surface area contributed by atoms with Crippen molar-refractivity contribution in [1.29, 1.82) is 0 Å². The highest BCUT2D eigenvalue weighted by Gasteiger charge is 2.18. The molecule has 12 heavy (non-hydrogen) atoms. The van der Waals surface area contributed by atoms with Crippen molar-refractivity contribution in [2.45, 2.75) is 32.1 Å². The minimum absolute atomic E-state index is 0.441. The molecule has 1 aromatic heterocycles. The van der Waals surface area contributed by atoms with E-state index < -0.39 is 6.17 Å². The lowest BCUT2D eigenvalue weighted by Crippen LogP contribution is -2.20. The molecule has 0 radical (unpaired) electrons. The van der Waals surface area contributed by atoms with Crippen LogP contribution in [-0.2, 0) is 19.5 Å². The van der Waals surface area contributed by atoms with Gasteiger partial charge in [0.05, 0.1) is 12.2 Å². The number of alkyl halides is 1. The van der Waals surface area contributed by atoms with Crippen molar-refractivity contribution >= 4 is 0 Å². The smallest absolute Gasteiger partial charge is 0.118 e. The molecular formula is C8H12FN3. The first-order valence-electron chi connectivity index (χ1n) is 4.18. The molecule has 0 bridgehead atoms. The van der Waals surface area contributed by atoms with Gasteiger partial charge in [-0.2, -0.15) is 0 Å². The second-order valence-electron chi connectivity index (χ2n) is 3.14. The molecule has 0 amide bonds. The zero-order valence-corrected chi connectivity index (χ0v) is 6.83. The lowest BCUT2D eigenvalue weighted by molar-refractivity contribution is 0.253. The molecule has 0 aromatic carbocycles. The van der Waals surface area contributed by atoms with Crippen LogP contribution in [0.4, 0.5) is 4.39 Å². The van der Waals surface area contributed by atoms with Gasteiger partial charge in [0.2, 0.25) is 0 Å². The van der Waals surface area contributed by atoms with Gasteiger partial charge in [-0.1, -0.05) is 0 Å². The highest BCUT2D eigenvalue weighted by Crippen LogP contribution is 2.16. The van der Waals surface area contributed by atoms with Crippen LogP contribution in [0.25, 0.3) is 0 Å². The molecule has 0 aliphatic carbocycles. The van der Waals surface area contributed by atoms with Crippen LogP contribution in [0.5, 0.6) is 0 Å². The normalized spacial score (nSPS) is 22.3. The van der Waals surface area contributed by atoms with E-state index in [2.05, 4.69) is 4.98 Å². The van der Waals surface area contributed by atoms with E-state index in [4.69, 9.17) is 5.73 Å². The lowest BCUT2D eigenvalue weighted by atomic mass is 10.1. The summed E-state index contributed by atoms with van der Waals surface area (Å²) in [6, 6.07) is 0. The molecule has 0 fully saturated rings. The molecular weight excluding hydrogens is 157 g/mol. The molecule has 2 N–H and O–H groups in total. The molecule has 1 atom stereocenters. The van der Waals surface area contributed by atoms with Crippen LogP contribution in [0.2, 0.25) is 0 Å². The largest absolute Gasteiger partial charge is 0.332 e. The third kappa shape index (κ3) is 1.22. The van der Waals surface area contributed by atoms with E-state index in [-0.39, 0.29) is 0 Å². The molecule has 3 nitrogen and oxygen atoms in total. The monoisotopic (exact) mass is 169 g/mol. The average molecular weight is 169 g/mol. The van der Waals surface area contributed by atoms with E-state index in [1.807, 2.05) is 10.8 Å². The number of hydrogen-bond acceptors (Lipinski definition) is 2. The zero-order valence-electron chi connectivity index (χ0n) is 6.83. The first kappa shape index (κ1) is 7.73. The van der Waals surface area contributed by atoms with Gasteiger partial charge in [0.25, 0.3) is 0 Å². The van der Waals surface area contributed by atoms with Gasteiger partial charge in [-0.05, 0) is 6.42 Å². The number of nitrogens with two attached hydrogens (primary N) is 1. The lowest BCUT2D eigenvalue weighted by Gasteiger charge is -2.16. The van der Waals surface area contributed by atoms with Crippen LogP contribution < -0.4 is 5.73 Å². The van der Waals surface area contributed by atoms with E-state index >= 15 is 0 Å². The maximum Gasteiger partial charge on any atom is 0.118 e. The molecule has 1 aliphatic rings. The Morgan fingerprint density at radius 2 is 2.58 bits per heavy atom. The van der Waals surface area contributed by atoms with Crippen LogP contribution in [0, 0.1) is 0 Å². The summed E-state index contributed by atoms with van der Waals surface area (Å²) in [5.74, 6) is 0.976. The maximum absolute atomic E-state index is 12.9. The Kier molecular flexibility index (Phi) is 1.84. The van der Waals surface area contributed by atoms with Gasteiger partial charge in [-0.25, -0.2) is 9.37 Å². The summed E-state index contributed by atoms with van der Waals surface area (Å²) in [6.45, 7) is 0.888. The van der Waals surface area contributed by atoms with E-state index in [1.54, 1.807) is 0 Å². The number of halogens is 1. The maximum atomic E-state index is 12.9. The molecule has 0 saturated carbocycles. The Morgan fingerprint density at radius 1 is 1.75 bits per heavy atom. The third-order valence-corrected chi connectivity index (χ3v) is 2.19. The van der Waals surface area contributed by atoms with Crippen molar-refractivity contribution in [2.75, 3.05) is 0 Å². The van der Waals surface area contributed by atoms with Crippen molar-refractivity contribution in [3.8, 4) is 0 Å². The summed E-state index contributed by atoms with van der Waals surface area (Å²) < 4.78 is 14.8. The first-order chi connectivity index (χ1) is 5.79. The summed E-state index contributed by atoms with van der Waals surface area (Å²) in [5.41, 5.74) is 6.29. The van der Waals surface area contributed by atoms with Crippen LogP contribution in [0.3, 0.4) is 0 Å². The number of imidazole rings is 1. The predicted octanol–water partition coefficient (Wildman–Crippen LogP) is 0.626. The van der Waals surface area contributed by atoms with Crippen molar-refractivity contribution in [3.05, 3.63) is 17.7 Å². The number of aromatic nitrogens is 2. The second kappa shape index (κ2) is 2.86. The Balaban J connectivity index is 2.28. The van der Waals surface area contributed by atoms with Crippen molar-refractivity contribution < 1.29 is 4.39 Å². The van der Waals surface area contributed by atoms with Crippen LogP contribution in [-0.4, -0.2) is 15.7 Å². The Bertz CT molecular complexity index is 282. The molecule has 0 saturated heterocycles. The van der Waals surface area contributed by atoms with Gasteiger partial charge >= 0.3 is 0 Å². The van der Waals surface area contributed by atoms with Crippen LogP contribution in [0.1, 0.15) is 17.9 Å². The highest BCUT2D eigenvalue weighted by atomic mass is 19.1. The molecule has 0 spiro atoms. The van der Waals surface area contributed by atoms with Gasteiger partial charge in [0, 0.05) is 19.2 Å². The average Bonchev–Trinajstić information content (AvgIpc) is 2.46. The van der Waals surface area contributed by atoms with E-state index in [0.29, 0.717) is 19.5 Å². The van der Waals surface area contributed by atoms with Gasteiger partial charge in [-0.15, -0.1) is 0 Å². The van der Waals surface area contributed by atoms with E-state index in [1.165, 1.54) is 0 Å². The number of aryl methyl sites for hydroxylation is 1. The molecule has 2 rings (SSSR count). The Hall–Kier alpha value is -0.900. The van der Waals surface area contributed by atoms with Crippen LogP contribution >= 0.6 is 0 Å². The minimum Gasteiger partial charge on any atom is -0.332 e. The van der Waals surface area contributed by atoms with Crippen LogP contribution in [0.15, 0.2) is 6.20 Å². The first-order valence-corrected chi connectivity index (χ1v) is 4.18. The number of nitrogens with zero attached hydrogens (tertiary/aromatic N) is 2. The standard InChI is InChI=1S/C8H12FN3/c9-6-1-2-8-11-7(3-10)5-12(8)4-6/h5-6H,1-4,10H2. The van der Waals surface area contributed by atoms with Crippen molar-refractivity contribution in [2.24, 2.45) is 5.73 Å². The van der Waals surface area contributed by atoms with Crippen molar-refractivity contribution in [3.63, 3.8) is 0 Å². The fraction of sp³-hybridized carbons (Fsp3) is 0.625. The molecule has 2 heterocycles.